The maximum atomic E-state index is 13.6. The summed E-state index contributed by atoms with van der Waals surface area (Å²) in [5.74, 6) is -6.17. The lowest BCUT2D eigenvalue weighted by Crippen LogP contribution is -2.57. The van der Waals surface area contributed by atoms with Gasteiger partial charge in [-0.25, -0.2) is 13.6 Å². The highest BCUT2D eigenvalue weighted by molar-refractivity contribution is 6.38. The van der Waals surface area contributed by atoms with E-state index in [0.29, 0.717) is 32.7 Å². The molecular weight excluding hydrogens is 490 g/mol. The lowest BCUT2D eigenvalue weighted by molar-refractivity contribution is -0.143. The first-order valence-corrected chi connectivity index (χ1v) is 13.2. The minimum Gasteiger partial charge on any atom is -0.465 e. The molecule has 0 aromatic rings. The molecule has 4 fully saturated rings. The summed E-state index contributed by atoms with van der Waals surface area (Å²) >= 11 is 0. The zero-order valence-corrected chi connectivity index (χ0v) is 21.1. The van der Waals surface area contributed by atoms with E-state index >= 15 is 0 Å². The van der Waals surface area contributed by atoms with Crippen LogP contribution in [0.1, 0.15) is 84.0 Å². The van der Waals surface area contributed by atoms with Crippen molar-refractivity contribution < 1.29 is 37.9 Å². The van der Waals surface area contributed by atoms with Crippen LogP contribution in [0.2, 0.25) is 0 Å². The maximum absolute atomic E-state index is 13.6. The minimum atomic E-state index is -3.10. The molecule has 3 saturated carbocycles. The van der Waals surface area contributed by atoms with Crippen molar-refractivity contribution in [1.82, 2.24) is 20.9 Å². The van der Waals surface area contributed by atoms with Gasteiger partial charge in [-0.2, -0.15) is 0 Å². The highest BCUT2D eigenvalue weighted by Crippen LogP contribution is 2.48. The van der Waals surface area contributed by atoms with E-state index in [0.717, 1.165) is 44.9 Å². The van der Waals surface area contributed by atoms with Crippen molar-refractivity contribution in [3.05, 3.63) is 0 Å². The van der Waals surface area contributed by atoms with Gasteiger partial charge in [-0.1, -0.05) is 19.3 Å². The zero-order valence-electron chi connectivity index (χ0n) is 21.1. The average Bonchev–Trinajstić information content (AvgIpc) is 3.75. The highest BCUT2D eigenvalue weighted by Gasteiger charge is 2.58. The topological polar surface area (TPSA) is 145 Å². The molecule has 1 spiro atoms. The molecule has 0 aromatic carbocycles. The van der Waals surface area contributed by atoms with Gasteiger partial charge in [0.1, 0.15) is 11.6 Å². The summed E-state index contributed by atoms with van der Waals surface area (Å²) in [5, 5.41) is 16.6. The molecule has 3 aliphatic carbocycles. The molecule has 12 heteroatoms. The van der Waals surface area contributed by atoms with Crippen LogP contribution in [-0.2, 0) is 19.2 Å². The second kappa shape index (κ2) is 10.2. The van der Waals surface area contributed by atoms with Crippen LogP contribution in [0, 0.1) is 5.41 Å². The van der Waals surface area contributed by atoms with E-state index < -0.39 is 66.0 Å². The standard InChI is InChI=1S/C25H36F2N4O6/c1-23(26,27)10-7-16(18(32)20(34)28-15-5-6-15)29-19(33)17-13-24(8-3-2-4-9-24)14-31(17)21(35)25(11-12-25)30-22(36)37/h15-17,30H,2-14H2,1H3,(H,28,34)(H,29,33)(H,36,37). The molecule has 1 aliphatic heterocycles. The first-order valence-electron chi connectivity index (χ1n) is 13.2. The number of carboxylic acid groups (broad SMARTS) is 1. The fourth-order valence-corrected chi connectivity index (χ4v) is 5.74. The Labute approximate surface area is 214 Å². The molecule has 0 bridgehead atoms. The Morgan fingerprint density at radius 2 is 1.70 bits per heavy atom. The number of nitrogens with one attached hydrogen (secondary N) is 3. The van der Waals surface area contributed by atoms with Gasteiger partial charge in [0, 0.05) is 19.0 Å². The number of hydrogen-bond donors (Lipinski definition) is 4. The molecule has 1 heterocycles. The monoisotopic (exact) mass is 526 g/mol. The van der Waals surface area contributed by atoms with Crippen LogP contribution in [0.5, 0.6) is 0 Å². The number of hydrogen-bond acceptors (Lipinski definition) is 5. The van der Waals surface area contributed by atoms with E-state index in [1.54, 1.807) is 0 Å². The van der Waals surface area contributed by atoms with Gasteiger partial charge in [-0.05, 0) is 63.7 Å². The van der Waals surface area contributed by atoms with Crippen molar-refractivity contribution in [3.8, 4) is 0 Å². The molecule has 37 heavy (non-hydrogen) atoms. The average molecular weight is 527 g/mol. The first-order chi connectivity index (χ1) is 17.3. The zero-order chi connectivity index (χ0) is 27.0. The van der Waals surface area contributed by atoms with Crippen LogP contribution < -0.4 is 16.0 Å². The van der Waals surface area contributed by atoms with Crippen molar-refractivity contribution in [1.29, 1.82) is 0 Å². The van der Waals surface area contributed by atoms with E-state index in [1.807, 2.05) is 0 Å². The van der Waals surface area contributed by atoms with Gasteiger partial charge in [0.05, 0.1) is 6.04 Å². The van der Waals surface area contributed by atoms with E-state index in [-0.39, 0.29) is 11.5 Å². The molecule has 2 unspecified atom stereocenters. The van der Waals surface area contributed by atoms with Crippen LogP contribution >= 0.6 is 0 Å². The van der Waals surface area contributed by atoms with Crippen LogP contribution in [0.4, 0.5) is 13.6 Å². The molecule has 4 aliphatic rings. The van der Waals surface area contributed by atoms with Gasteiger partial charge < -0.3 is 26.0 Å². The molecule has 0 radical (unpaired) electrons. The van der Waals surface area contributed by atoms with Gasteiger partial charge in [0.15, 0.2) is 0 Å². The van der Waals surface area contributed by atoms with Crippen molar-refractivity contribution in [3.63, 3.8) is 0 Å². The maximum Gasteiger partial charge on any atom is 0.405 e. The second-order valence-electron chi connectivity index (χ2n) is 11.5. The molecule has 4 rings (SSSR count). The summed E-state index contributed by atoms with van der Waals surface area (Å²) in [6.45, 7) is 0.996. The van der Waals surface area contributed by atoms with E-state index in [4.69, 9.17) is 0 Å². The van der Waals surface area contributed by atoms with Gasteiger partial charge in [-0.3, -0.25) is 19.2 Å². The first kappa shape index (κ1) is 27.3. The SMILES string of the molecule is CC(F)(F)CCC(NC(=O)C1CC2(CCCCC2)CN1C(=O)C1(NC(=O)O)CC1)C(=O)C(=O)NC1CC1. The number of carbonyl (C=O) groups excluding carboxylic acids is 4. The van der Waals surface area contributed by atoms with Gasteiger partial charge in [0.25, 0.3) is 5.91 Å². The third-order valence-electron chi connectivity index (χ3n) is 8.13. The molecular formula is C25H36F2N4O6. The predicted molar refractivity (Wildman–Crippen MR) is 127 cm³/mol. The second-order valence-corrected chi connectivity index (χ2v) is 11.5. The number of rotatable bonds is 10. The summed E-state index contributed by atoms with van der Waals surface area (Å²) in [4.78, 5) is 65.0. The summed E-state index contributed by atoms with van der Waals surface area (Å²) in [6.07, 6.45) is 4.56. The Balaban J connectivity index is 1.53. The largest absolute Gasteiger partial charge is 0.465 e. The van der Waals surface area contributed by atoms with Crippen LogP contribution in [-0.4, -0.2) is 75.7 Å². The Hall–Kier alpha value is -2.79. The van der Waals surface area contributed by atoms with Crippen molar-refractivity contribution in [2.45, 2.75) is 114 Å². The lowest BCUT2D eigenvalue weighted by atomic mass is 9.72. The minimum absolute atomic E-state index is 0.119. The Morgan fingerprint density at radius 3 is 2.24 bits per heavy atom. The summed E-state index contributed by atoms with van der Waals surface area (Å²) in [7, 11) is 0. The predicted octanol–water partition coefficient (Wildman–Crippen LogP) is 2.11. The number of likely N-dealkylation sites (tertiary alicyclic amines) is 1. The lowest BCUT2D eigenvalue weighted by Gasteiger charge is -2.33. The van der Waals surface area contributed by atoms with E-state index in [9.17, 15) is 37.9 Å². The van der Waals surface area contributed by atoms with Crippen LogP contribution in [0.25, 0.3) is 0 Å². The van der Waals surface area contributed by atoms with E-state index in [2.05, 4.69) is 16.0 Å². The quantitative estimate of drug-likeness (QED) is 0.321. The number of carbonyl (C=O) groups is 5. The van der Waals surface area contributed by atoms with E-state index in [1.165, 1.54) is 4.90 Å². The Morgan fingerprint density at radius 1 is 1.05 bits per heavy atom. The molecule has 10 nitrogen and oxygen atoms in total. The summed E-state index contributed by atoms with van der Waals surface area (Å²) < 4.78 is 27.2. The van der Waals surface area contributed by atoms with Crippen molar-refractivity contribution >= 4 is 29.6 Å². The van der Waals surface area contributed by atoms with Crippen molar-refractivity contribution in [2.24, 2.45) is 5.41 Å². The smallest absolute Gasteiger partial charge is 0.405 e. The van der Waals surface area contributed by atoms with Gasteiger partial charge >= 0.3 is 6.09 Å². The molecule has 206 valence electrons. The highest BCUT2D eigenvalue weighted by atomic mass is 19.3. The number of amides is 4. The van der Waals surface area contributed by atoms with Crippen LogP contribution in [0.3, 0.4) is 0 Å². The number of ketones is 1. The summed E-state index contributed by atoms with van der Waals surface area (Å²) in [6, 6.07) is -2.56. The number of alkyl halides is 2. The van der Waals surface area contributed by atoms with Crippen molar-refractivity contribution in [2.75, 3.05) is 6.54 Å². The number of halogens is 2. The fourth-order valence-electron chi connectivity index (χ4n) is 5.74. The molecule has 1 saturated heterocycles. The number of Topliss-reactive ketones (excluding diaryl/α,β-unsaturated/α-hetero) is 1. The third-order valence-corrected chi connectivity index (χ3v) is 8.13. The normalized spacial score (nSPS) is 24.7. The fraction of sp³-hybridized carbons (Fsp3) is 0.800. The van der Waals surface area contributed by atoms with Crippen LogP contribution in [0.15, 0.2) is 0 Å². The van der Waals surface area contributed by atoms with Gasteiger partial charge in [-0.15, -0.1) is 0 Å². The molecule has 0 aromatic heterocycles. The summed E-state index contributed by atoms with van der Waals surface area (Å²) in [5.41, 5.74) is -1.57. The molecule has 4 N–H and O–H groups in total. The third kappa shape index (κ3) is 6.56. The number of nitrogens with zero attached hydrogens (tertiary/aromatic N) is 1. The van der Waals surface area contributed by atoms with Gasteiger partial charge in [0.2, 0.25) is 23.5 Å². The molecule has 4 amide bonds. The Kier molecular flexibility index (Phi) is 7.49. The Bertz CT molecular complexity index is 953. The molecule has 2 atom stereocenters.